The van der Waals surface area contributed by atoms with E-state index in [0.717, 1.165) is 55.4 Å². The van der Waals surface area contributed by atoms with Gasteiger partial charge in [0.25, 0.3) is 0 Å². The Morgan fingerprint density at radius 1 is 0.333 bits per heavy atom. The van der Waals surface area contributed by atoms with Crippen LogP contribution < -0.4 is 0 Å². The predicted octanol–water partition coefficient (Wildman–Crippen LogP) is 10.4. The van der Waals surface area contributed by atoms with Crippen LogP contribution in [-0.2, 0) is 0 Å². The van der Waals surface area contributed by atoms with E-state index in [1.165, 1.54) is 27.2 Å². The highest BCUT2D eigenvalue weighted by Crippen LogP contribution is 2.41. The maximum Gasteiger partial charge on any atom is 0.0985 e. The molecule has 10 rings (SSSR count). The molecule has 0 fully saturated rings. The Hall–Kier alpha value is -6.13. The fraction of sp³-hybridized carbons (Fsp3) is 0. The van der Waals surface area contributed by atoms with Gasteiger partial charge in [-0.05, 0) is 54.6 Å². The Morgan fingerprint density at radius 3 is 1.42 bits per heavy atom. The summed E-state index contributed by atoms with van der Waals surface area (Å²) in [6.45, 7) is 0. The Bertz CT molecular complexity index is 2710. The van der Waals surface area contributed by atoms with E-state index < -0.39 is 0 Å². The number of hydrogen-bond acceptors (Lipinski definition) is 1. The quantitative estimate of drug-likeness (QED) is 0.206. The minimum absolute atomic E-state index is 1.00. The fourth-order valence-corrected chi connectivity index (χ4v) is 7.41. The van der Waals surface area contributed by atoms with Gasteiger partial charge in [0.1, 0.15) is 0 Å². The minimum Gasteiger partial charge on any atom is -0.309 e. The van der Waals surface area contributed by atoms with E-state index in [4.69, 9.17) is 4.98 Å². The Labute approximate surface area is 258 Å². The number of nitrogens with zero attached hydrogens (tertiary/aromatic N) is 4. The lowest BCUT2D eigenvalue weighted by molar-refractivity contribution is 1.12. The van der Waals surface area contributed by atoms with Gasteiger partial charge in [-0.25, -0.2) is 0 Å². The summed E-state index contributed by atoms with van der Waals surface area (Å²) in [6.07, 6.45) is 2.06. The first kappa shape index (κ1) is 24.3. The second kappa shape index (κ2) is 9.18. The standard InChI is InChI=1S/C41H26N4/c1-2-13-27(14-3-1)44-38-24-11-7-20-33(38)39-41(44)40-34(26-42-39)32-19-6-10-23-37(32)45(40)29-16-12-15-28(25-29)43-35-21-8-4-17-30(35)31-18-5-9-22-36(31)43/h1-26H. The number of rotatable bonds is 3. The highest BCUT2D eigenvalue weighted by atomic mass is 15.1. The maximum absolute atomic E-state index is 5.13. The van der Waals surface area contributed by atoms with Crippen LogP contribution >= 0.6 is 0 Å². The normalized spacial score (nSPS) is 12.0. The summed E-state index contributed by atoms with van der Waals surface area (Å²) < 4.78 is 7.21. The predicted molar refractivity (Wildman–Crippen MR) is 187 cm³/mol. The van der Waals surface area contributed by atoms with Gasteiger partial charge in [0.15, 0.2) is 0 Å². The van der Waals surface area contributed by atoms with Gasteiger partial charge in [-0.1, -0.05) is 97.1 Å². The van der Waals surface area contributed by atoms with Gasteiger partial charge in [0.2, 0.25) is 0 Å². The summed E-state index contributed by atoms with van der Waals surface area (Å²) in [6, 6.07) is 54.3. The molecule has 0 saturated heterocycles. The zero-order chi connectivity index (χ0) is 29.5. The number of para-hydroxylation sites is 5. The van der Waals surface area contributed by atoms with Gasteiger partial charge in [0, 0.05) is 50.2 Å². The summed E-state index contributed by atoms with van der Waals surface area (Å²) in [5.41, 5.74) is 11.3. The third kappa shape index (κ3) is 3.34. The van der Waals surface area contributed by atoms with Crippen LogP contribution in [0.15, 0.2) is 158 Å². The van der Waals surface area contributed by atoms with Crippen molar-refractivity contribution in [2.45, 2.75) is 0 Å². The SMILES string of the molecule is c1ccc(-n2c3ccccc3c3ncc4c5ccccc5n(-c5cccc(-n6c7ccccc7c7ccccc76)c5)c4c32)cc1. The van der Waals surface area contributed by atoms with E-state index in [0.29, 0.717) is 0 Å². The van der Waals surface area contributed by atoms with Crippen molar-refractivity contribution in [3.05, 3.63) is 158 Å². The van der Waals surface area contributed by atoms with Gasteiger partial charge in [-0.2, -0.15) is 0 Å². The van der Waals surface area contributed by atoms with Gasteiger partial charge < -0.3 is 13.7 Å². The van der Waals surface area contributed by atoms with Crippen LogP contribution in [0.25, 0.3) is 82.6 Å². The molecule has 0 aliphatic rings. The molecule has 0 aliphatic carbocycles. The lowest BCUT2D eigenvalue weighted by Gasteiger charge is -2.14. The molecule has 4 nitrogen and oxygen atoms in total. The Kier molecular flexibility index (Phi) is 4.96. The molecule has 210 valence electrons. The molecule has 45 heavy (non-hydrogen) atoms. The van der Waals surface area contributed by atoms with Crippen molar-refractivity contribution in [3.8, 4) is 17.1 Å². The third-order valence-electron chi connectivity index (χ3n) is 9.25. The molecular weight excluding hydrogens is 548 g/mol. The van der Waals surface area contributed by atoms with Gasteiger partial charge >= 0.3 is 0 Å². The van der Waals surface area contributed by atoms with Crippen LogP contribution in [-0.4, -0.2) is 18.7 Å². The van der Waals surface area contributed by atoms with E-state index in [9.17, 15) is 0 Å². The number of hydrogen-bond donors (Lipinski definition) is 0. The summed E-state index contributed by atoms with van der Waals surface area (Å²) in [4.78, 5) is 5.13. The first-order valence-electron chi connectivity index (χ1n) is 15.3. The van der Waals surface area contributed by atoms with Crippen LogP contribution in [0.1, 0.15) is 0 Å². The zero-order valence-corrected chi connectivity index (χ0v) is 24.3. The molecule has 0 aliphatic heterocycles. The summed E-state index contributed by atoms with van der Waals surface area (Å²) in [7, 11) is 0. The second-order valence-corrected chi connectivity index (χ2v) is 11.6. The minimum atomic E-state index is 1.00. The molecule has 0 spiro atoms. The fourth-order valence-electron chi connectivity index (χ4n) is 7.41. The number of benzene rings is 6. The van der Waals surface area contributed by atoms with Crippen molar-refractivity contribution < 1.29 is 0 Å². The topological polar surface area (TPSA) is 27.7 Å². The number of aromatic nitrogens is 4. The molecule has 0 saturated carbocycles. The molecule has 0 amide bonds. The molecule has 10 aromatic rings. The van der Waals surface area contributed by atoms with Crippen molar-refractivity contribution in [3.63, 3.8) is 0 Å². The lowest BCUT2D eigenvalue weighted by Crippen LogP contribution is -2.00. The average molecular weight is 575 g/mol. The van der Waals surface area contributed by atoms with Crippen LogP contribution in [0.4, 0.5) is 0 Å². The largest absolute Gasteiger partial charge is 0.309 e. The van der Waals surface area contributed by atoms with Crippen LogP contribution in [0.5, 0.6) is 0 Å². The maximum atomic E-state index is 5.13. The molecule has 4 heteroatoms. The second-order valence-electron chi connectivity index (χ2n) is 11.6. The highest BCUT2D eigenvalue weighted by Gasteiger charge is 2.22. The third-order valence-corrected chi connectivity index (χ3v) is 9.25. The average Bonchev–Trinajstić information content (AvgIpc) is 3.75. The zero-order valence-electron chi connectivity index (χ0n) is 24.3. The van der Waals surface area contributed by atoms with E-state index in [-0.39, 0.29) is 0 Å². The van der Waals surface area contributed by atoms with E-state index in [1.54, 1.807) is 0 Å². The highest BCUT2D eigenvalue weighted by molar-refractivity contribution is 6.22. The molecule has 0 bridgehead atoms. The number of fused-ring (bicyclic) bond motifs is 10. The summed E-state index contributed by atoms with van der Waals surface area (Å²) in [5, 5.41) is 5.99. The van der Waals surface area contributed by atoms with E-state index in [1.807, 2.05) is 0 Å². The smallest absolute Gasteiger partial charge is 0.0985 e. The van der Waals surface area contributed by atoms with Crippen molar-refractivity contribution >= 4 is 65.5 Å². The van der Waals surface area contributed by atoms with Crippen LogP contribution in [0, 0.1) is 0 Å². The molecule has 0 N–H and O–H groups in total. The Morgan fingerprint density at radius 2 is 0.778 bits per heavy atom. The molecule has 4 heterocycles. The van der Waals surface area contributed by atoms with Crippen molar-refractivity contribution in [1.29, 1.82) is 0 Å². The van der Waals surface area contributed by atoms with Gasteiger partial charge in [0.05, 0.1) is 38.6 Å². The molecule has 0 atom stereocenters. The molecular formula is C41H26N4. The molecule has 0 unspecified atom stereocenters. The van der Waals surface area contributed by atoms with Crippen LogP contribution in [0.3, 0.4) is 0 Å². The first-order valence-corrected chi connectivity index (χ1v) is 15.3. The molecule has 6 aromatic carbocycles. The van der Waals surface area contributed by atoms with Crippen LogP contribution in [0.2, 0.25) is 0 Å². The first-order chi connectivity index (χ1) is 22.4. The van der Waals surface area contributed by atoms with Gasteiger partial charge in [-0.3, -0.25) is 4.98 Å². The molecule has 4 aromatic heterocycles. The summed E-state index contributed by atoms with van der Waals surface area (Å²) >= 11 is 0. The molecule has 0 radical (unpaired) electrons. The van der Waals surface area contributed by atoms with Gasteiger partial charge in [-0.15, -0.1) is 0 Å². The van der Waals surface area contributed by atoms with Crippen molar-refractivity contribution in [2.24, 2.45) is 0 Å². The van der Waals surface area contributed by atoms with E-state index in [2.05, 4.69) is 172 Å². The van der Waals surface area contributed by atoms with Crippen molar-refractivity contribution in [1.82, 2.24) is 18.7 Å². The van der Waals surface area contributed by atoms with E-state index >= 15 is 0 Å². The number of pyridine rings is 1. The monoisotopic (exact) mass is 574 g/mol. The summed E-state index contributed by atoms with van der Waals surface area (Å²) in [5.74, 6) is 0. The lowest BCUT2D eigenvalue weighted by atomic mass is 10.2. The Balaban J connectivity index is 1.36. The van der Waals surface area contributed by atoms with Crippen molar-refractivity contribution in [2.75, 3.05) is 0 Å².